The van der Waals surface area contributed by atoms with Crippen LogP contribution >= 0.6 is 11.6 Å². The number of anilines is 1. The zero-order valence-corrected chi connectivity index (χ0v) is 39.2. The van der Waals surface area contributed by atoms with Gasteiger partial charge in [0, 0.05) is 106 Å². The lowest BCUT2D eigenvalue weighted by atomic mass is 9.96. The molecule has 3 saturated heterocycles. The number of aromatic nitrogens is 3. The molecule has 6 aromatic rings. The largest absolute Gasteiger partial charge is 0.493 e. The van der Waals surface area contributed by atoms with Gasteiger partial charge in [0.1, 0.15) is 29.1 Å². The van der Waals surface area contributed by atoms with E-state index >= 15 is 4.39 Å². The van der Waals surface area contributed by atoms with Gasteiger partial charge in [-0.3, -0.25) is 39.0 Å². The number of carboxylic acid groups (broad SMARTS) is 1. The fourth-order valence-electron chi connectivity index (χ4n) is 10.8. The van der Waals surface area contributed by atoms with Gasteiger partial charge in [0.05, 0.1) is 39.7 Å². The average Bonchev–Trinajstić information content (AvgIpc) is 3.85. The van der Waals surface area contributed by atoms with Crippen LogP contribution in [0.1, 0.15) is 67.4 Å². The van der Waals surface area contributed by atoms with Gasteiger partial charge < -0.3 is 24.2 Å². The van der Waals surface area contributed by atoms with Crippen molar-refractivity contribution in [1.82, 2.24) is 34.4 Å². The molecule has 2 N–H and O–H groups in total. The van der Waals surface area contributed by atoms with E-state index in [-0.39, 0.29) is 47.1 Å². The molecule has 358 valence electrons. The van der Waals surface area contributed by atoms with Crippen LogP contribution in [0.15, 0.2) is 60.7 Å². The highest BCUT2D eigenvalue weighted by atomic mass is 35.5. The Morgan fingerprint density at radius 1 is 0.899 bits per heavy atom. The molecule has 0 spiro atoms. The molecule has 18 heteroatoms. The number of aromatic carboxylic acids is 1. The number of halogens is 3. The molecule has 0 saturated carbocycles. The third-order valence-electron chi connectivity index (χ3n) is 14.3. The maximum Gasteiger partial charge on any atom is 0.352 e. The summed E-state index contributed by atoms with van der Waals surface area (Å²) in [5.41, 5.74) is 5.16. The molecular weight excluding hydrogens is 910 g/mol. The highest BCUT2D eigenvalue weighted by molar-refractivity contribution is 6.35. The molecule has 69 heavy (non-hydrogen) atoms. The van der Waals surface area contributed by atoms with Crippen LogP contribution in [0.3, 0.4) is 0 Å². The van der Waals surface area contributed by atoms with Crippen molar-refractivity contribution in [2.75, 3.05) is 63.9 Å². The summed E-state index contributed by atoms with van der Waals surface area (Å²) in [6.45, 7) is 10.2. The number of fused-ring (bicyclic) bond motifs is 3. The number of ether oxygens (including phenoxy) is 1. The van der Waals surface area contributed by atoms with E-state index in [1.165, 1.54) is 18.2 Å². The SMILES string of the molecule is Cc1nn(C)c(C)c1-c1c(Cl)ccc2c(CCCOc3cccc4cc(F)ccc34)c(C(=O)O)n(CCN3CCN(CC4CN(c5cc6c(cc5F)C(=O)N(C5CCC(=O)NC5=O)C6=O)C4)CC3)c12. The number of piperazine rings is 1. The monoisotopic (exact) mass is 960 g/mol. The lowest BCUT2D eigenvalue weighted by molar-refractivity contribution is -0.136. The number of imide groups is 2. The quantitative estimate of drug-likeness (QED) is 0.0893. The normalized spacial score (nSPS) is 18.1. The van der Waals surface area contributed by atoms with E-state index in [0.717, 1.165) is 87.9 Å². The van der Waals surface area contributed by atoms with Crippen molar-refractivity contribution in [3.05, 3.63) is 111 Å². The fourth-order valence-corrected chi connectivity index (χ4v) is 11.0. The number of rotatable bonds is 14. The third-order valence-corrected chi connectivity index (χ3v) is 14.6. The van der Waals surface area contributed by atoms with Crippen molar-refractivity contribution in [1.29, 1.82) is 0 Å². The zero-order valence-electron chi connectivity index (χ0n) is 38.5. The van der Waals surface area contributed by atoms with Crippen LogP contribution in [0, 0.1) is 31.4 Å². The van der Waals surface area contributed by atoms with Crippen LogP contribution in [0.2, 0.25) is 5.02 Å². The van der Waals surface area contributed by atoms with Crippen LogP contribution in [0.25, 0.3) is 32.8 Å². The summed E-state index contributed by atoms with van der Waals surface area (Å²) < 4.78 is 39.4. The Balaban J connectivity index is 0.809. The summed E-state index contributed by atoms with van der Waals surface area (Å²) in [5.74, 6) is -3.71. The number of aryl methyl sites for hydroxylation is 3. The average molecular weight is 961 g/mol. The molecule has 1 atom stereocenters. The van der Waals surface area contributed by atoms with Crippen LogP contribution in [0.5, 0.6) is 5.75 Å². The molecule has 0 aliphatic carbocycles. The van der Waals surface area contributed by atoms with Crippen molar-refractivity contribution in [3.8, 4) is 16.9 Å². The Morgan fingerprint density at radius 2 is 1.62 bits per heavy atom. The fraction of sp³-hybridized carbons (Fsp3) is 0.373. The maximum absolute atomic E-state index is 15.5. The van der Waals surface area contributed by atoms with E-state index < -0.39 is 41.5 Å². The predicted molar refractivity (Wildman–Crippen MR) is 255 cm³/mol. The molecule has 0 bridgehead atoms. The Morgan fingerprint density at radius 3 is 2.33 bits per heavy atom. The molecule has 4 amide bonds. The summed E-state index contributed by atoms with van der Waals surface area (Å²) in [5, 5.41) is 20.7. The van der Waals surface area contributed by atoms with Crippen molar-refractivity contribution >= 4 is 68.6 Å². The second-order valence-electron chi connectivity index (χ2n) is 18.6. The van der Waals surface area contributed by atoms with Gasteiger partial charge in [-0.2, -0.15) is 5.10 Å². The molecule has 1 unspecified atom stereocenters. The van der Waals surface area contributed by atoms with Crippen LogP contribution in [-0.4, -0.2) is 129 Å². The second-order valence-corrected chi connectivity index (χ2v) is 19.0. The van der Waals surface area contributed by atoms with Gasteiger partial charge in [0.15, 0.2) is 0 Å². The summed E-state index contributed by atoms with van der Waals surface area (Å²) in [6.07, 6.45) is 0.962. The lowest BCUT2D eigenvalue weighted by Crippen LogP contribution is -2.55. The highest BCUT2D eigenvalue weighted by Gasteiger charge is 2.46. The second kappa shape index (κ2) is 18.3. The van der Waals surface area contributed by atoms with Gasteiger partial charge in [0.2, 0.25) is 11.8 Å². The number of benzene rings is 4. The van der Waals surface area contributed by atoms with Gasteiger partial charge in [-0.1, -0.05) is 29.8 Å². The summed E-state index contributed by atoms with van der Waals surface area (Å²) >= 11 is 7.08. The van der Waals surface area contributed by atoms with E-state index in [4.69, 9.17) is 16.3 Å². The van der Waals surface area contributed by atoms with Crippen molar-refractivity contribution in [2.24, 2.45) is 13.0 Å². The first-order chi connectivity index (χ1) is 33.2. The number of piperidine rings is 1. The zero-order chi connectivity index (χ0) is 48.4. The molecule has 10 rings (SSSR count). The van der Waals surface area contributed by atoms with Gasteiger partial charge in [-0.25, -0.2) is 13.6 Å². The van der Waals surface area contributed by atoms with Gasteiger partial charge >= 0.3 is 5.97 Å². The smallest absolute Gasteiger partial charge is 0.352 e. The van der Waals surface area contributed by atoms with E-state index in [1.807, 2.05) is 65.4 Å². The minimum Gasteiger partial charge on any atom is -0.493 e. The topological polar surface area (TPSA) is 163 Å². The Labute approximate surface area is 401 Å². The predicted octanol–water partition coefficient (Wildman–Crippen LogP) is 6.61. The molecule has 4 aliphatic rings. The molecule has 4 aromatic carbocycles. The summed E-state index contributed by atoms with van der Waals surface area (Å²) in [6, 6.07) is 15.2. The Bertz CT molecular complexity index is 3120. The molecule has 6 heterocycles. The highest BCUT2D eigenvalue weighted by Crippen LogP contribution is 2.42. The first-order valence-electron chi connectivity index (χ1n) is 23.3. The number of nitrogens with zero attached hydrogens (tertiary/aromatic N) is 7. The molecule has 2 aromatic heterocycles. The van der Waals surface area contributed by atoms with E-state index in [9.17, 15) is 33.5 Å². The van der Waals surface area contributed by atoms with Crippen LogP contribution < -0.4 is 15.0 Å². The molecule has 15 nitrogen and oxygen atoms in total. The number of carbonyl (C=O) groups excluding carboxylic acids is 4. The first-order valence-corrected chi connectivity index (χ1v) is 23.7. The Hall–Kier alpha value is -6.69. The van der Waals surface area contributed by atoms with Gasteiger partial charge in [-0.05, 0) is 86.5 Å². The Kier molecular flexibility index (Phi) is 12.2. The third kappa shape index (κ3) is 8.39. The molecular formula is C51H51ClF2N8O7. The minimum absolute atomic E-state index is 0.00397. The molecule has 0 radical (unpaired) electrons. The first kappa shape index (κ1) is 46.1. The number of nitrogens with one attached hydrogen (secondary N) is 1. The number of hydrogen-bond acceptors (Lipinski definition) is 10. The summed E-state index contributed by atoms with van der Waals surface area (Å²) in [4.78, 5) is 71.6. The van der Waals surface area contributed by atoms with Crippen LogP contribution in [-0.2, 0) is 29.6 Å². The molecule has 4 aliphatic heterocycles. The van der Waals surface area contributed by atoms with Crippen molar-refractivity contribution < 1.29 is 42.6 Å². The van der Waals surface area contributed by atoms with Gasteiger partial charge in [-0.15, -0.1) is 0 Å². The number of carboxylic acids is 1. The van der Waals surface area contributed by atoms with E-state index in [1.54, 1.807) is 6.07 Å². The maximum atomic E-state index is 15.5. The van der Waals surface area contributed by atoms with Gasteiger partial charge in [0.25, 0.3) is 11.8 Å². The number of hydrogen-bond donors (Lipinski definition) is 2. The number of amides is 4. The molecule has 3 fully saturated rings. The standard InChI is InChI=1S/C51H51ClF2N8O7/c1-28-44(29(2)57(3)56-28)45-38(52)12-11-35-34(7-5-21-69-42-8-4-6-31-22-32(53)9-10-33(31)42)47(51(67)68)61(46(35)45)20-19-58-15-17-59(18-16-58)25-30-26-60(27-30)41-24-37-36(23-39(41)54)49(65)62(50(37)66)40-13-14-43(63)55-48(40)64/h4,6,8-12,22-24,30,40H,5,7,13-21,25-27H2,1-3H3,(H,67,68)(H,55,63,64). The van der Waals surface area contributed by atoms with E-state index in [2.05, 4.69) is 20.2 Å². The summed E-state index contributed by atoms with van der Waals surface area (Å²) in [7, 11) is 1.88. The van der Waals surface area contributed by atoms with E-state index in [0.29, 0.717) is 62.0 Å². The van der Waals surface area contributed by atoms with Crippen LogP contribution in [0.4, 0.5) is 14.5 Å². The lowest BCUT2D eigenvalue weighted by Gasteiger charge is -2.45. The van der Waals surface area contributed by atoms with Crippen molar-refractivity contribution in [2.45, 2.75) is 52.1 Å². The minimum atomic E-state index is -1.13. The van der Waals surface area contributed by atoms with Crippen molar-refractivity contribution in [3.63, 3.8) is 0 Å². The number of carbonyl (C=O) groups is 5.